The number of benzene rings is 3. The Morgan fingerprint density at radius 2 is 1.36 bits per heavy atom. The van der Waals surface area contributed by atoms with E-state index in [0.29, 0.717) is 0 Å². The number of nitrogens with zero attached hydrogens (tertiary/aromatic N) is 2. The van der Waals surface area contributed by atoms with Gasteiger partial charge in [-0.25, -0.2) is 0 Å². The maximum atomic E-state index is 6.03. The van der Waals surface area contributed by atoms with Crippen molar-refractivity contribution in [3.05, 3.63) is 113 Å². The van der Waals surface area contributed by atoms with Crippen molar-refractivity contribution < 1.29 is 4.74 Å². The highest BCUT2D eigenvalue weighted by atomic mass is 32.1. The molecule has 0 spiro atoms. The zero-order valence-corrected chi connectivity index (χ0v) is 19.9. The van der Waals surface area contributed by atoms with Crippen molar-refractivity contribution in [3.8, 4) is 11.4 Å². The Morgan fingerprint density at radius 3 is 2.09 bits per heavy atom. The van der Waals surface area contributed by atoms with Crippen LogP contribution in [-0.2, 0) is 19.4 Å². The van der Waals surface area contributed by atoms with Crippen molar-refractivity contribution >= 4 is 12.2 Å². The van der Waals surface area contributed by atoms with Gasteiger partial charge in [0.2, 0.25) is 0 Å². The molecule has 1 heterocycles. The Balaban J connectivity index is 1.24. The summed E-state index contributed by atoms with van der Waals surface area (Å²) in [6, 6.07) is 29.5. The van der Waals surface area contributed by atoms with Crippen LogP contribution < -0.4 is 4.74 Å². The van der Waals surface area contributed by atoms with Gasteiger partial charge in [0.15, 0.2) is 4.77 Å². The molecule has 0 aliphatic carbocycles. The Hall–Kier alpha value is -3.11. The van der Waals surface area contributed by atoms with E-state index < -0.39 is 0 Å². The van der Waals surface area contributed by atoms with Crippen LogP contribution in [0.1, 0.15) is 36.8 Å². The SMILES string of the molecule is S=c1n(CCCc2ccccc2)ccn1-c1cccc(OCCCCCc2ccccc2)c1. The van der Waals surface area contributed by atoms with Gasteiger partial charge in [-0.2, -0.15) is 0 Å². The molecule has 1 aromatic heterocycles. The first-order valence-corrected chi connectivity index (χ1v) is 12.3. The number of hydrogen-bond donors (Lipinski definition) is 0. The van der Waals surface area contributed by atoms with E-state index in [4.69, 9.17) is 17.0 Å². The summed E-state index contributed by atoms with van der Waals surface area (Å²) in [7, 11) is 0. The Bertz CT molecular complexity index is 1160. The van der Waals surface area contributed by atoms with Gasteiger partial charge in [0.05, 0.1) is 12.3 Å². The van der Waals surface area contributed by atoms with Crippen molar-refractivity contribution in [2.45, 2.75) is 45.1 Å². The summed E-state index contributed by atoms with van der Waals surface area (Å²) in [4.78, 5) is 0. The molecule has 4 heteroatoms. The predicted molar refractivity (Wildman–Crippen MR) is 139 cm³/mol. The zero-order valence-electron chi connectivity index (χ0n) is 19.1. The lowest BCUT2D eigenvalue weighted by molar-refractivity contribution is 0.305. The van der Waals surface area contributed by atoms with Crippen molar-refractivity contribution in [1.82, 2.24) is 9.13 Å². The van der Waals surface area contributed by atoms with Crippen LogP contribution >= 0.6 is 12.2 Å². The van der Waals surface area contributed by atoms with Gasteiger partial charge in [-0.1, -0.05) is 66.7 Å². The van der Waals surface area contributed by atoms with Crippen LogP contribution in [0.3, 0.4) is 0 Å². The van der Waals surface area contributed by atoms with Gasteiger partial charge in [-0.05, 0) is 74.0 Å². The maximum absolute atomic E-state index is 6.03. The van der Waals surface area contributed by atoms with Gasteiger partial charge in [0.1, 0.15) is 5.75 Å². The molecule has 0 bridgehead atoms. The Kier molecular flexibility index (Phi) is 8.54. The molecule has 3 aromatic carbocycles. The molecule has 4 aromatic rings. The van der Waals surface area contributed by atoms with Crippen LogP contribution in [0, 0.1) is 4.77 Å². The lowest BCUT2D eigenvalue weighted by Gasteiger charge is -2.09. The molecule has 0 amide bonds. The number of imidazole rings is 1. The molecule has 0 fully saturated rings. The Morgan fingerprint density at radius 1 is 0.667 bits per heavy atom. The normalized spacial score (nSPS) is 10.9. The molecule has 33 heavy (non-hydrogen) atoms. The van der Waals surface area contributed by atoms with Gasteiger partial charge < -0.3 is 9.30 Å². The van der Waals surface area contributed by atoms with E-state index in [1.165, 1.54) is 24.0 Å². The standard InChI is InChI=1S/C29H32N2OS/c33-29-30(20-11-17-26-14-6-2-7-15-26)21-22-31(29)27-18-10-19-28(24-27)32-23-9-3-8-16-25-12-4-1-5-13-25/h1-2,4-7,10,12-15,18-19,21-22,24H,3,8-9,11,16-17,20,23H2. The lowest BCUT2D eigenvalue weighted by atomic mass is 10.1. The summed E-state index contributed by atoms with van der Waals surface area (Å²) in [5, 5.41) is 0. The highest BCUT2D eigenvalue weighted by molar-refractivity contribution is 7.71. The van der Waals surface area contributed by atoms with Crippen molar-refractivity contribution in [2.75, 3.05) is 6.61 Å². The molecule has 0 aliphatic rings. The van der Waals surface area contributed by atoms with E-state index >= 15 is 0 Å². The van der Waals surface area contributed by atoms with E-state index in [1.807, 2.05) is 18.3 Å². The minimum Gasteiger partial charge on any atom is -0.494 e. The smallest absolute Gasteiger partial charge is 0.184 e. The van der Waals surface area contributed by atoms with Crippen LogP contribution in [0.15, 0.2) is 97.3 Å². The third-order valence-electron chi connectivity index (χ3n) is 5.87. The summed E-state index contributed by atoms with van der Waals surface area (Å²) in [6.45, 7) is 1.66. The first-order chi connectivity index (χ1) is 16.3. The van der Waals surface area contributed by atoms with E-state index in [2.05, 4.69) is 88.1 Å². The third-order valence-corrected chi connectivity index (χ3v) is 6.30. The van der Waals surface area contributed by atoms with Crippen molar-refractivity contribution in [3.63, 3.8) is 0 Å². The lowest BCUT2D eigenvalue weighted by Crippen LogP contribution is -2.02. The first-order valence-electron chi connectivity index (χ1n) is 11.9. The number of rotatable bonds is 12. The second-order valence-electron chi connectivity index (χ2n) is 8.38. The van der Waals surface area contributed by atoms with E-state index in [9.17, 15) is 0 Å². The minimum absolute atomic E-state index is 0.740. The first kappa shape index (κ1) is 23.1. The third kappa shape index (κ3) is 6.93. The minimum atomic E-state index is 0.740. The summed E-state index contributed by atoms with van der Waals surface area (Å²) < 4.78 is 11.1. The van der Waals surface area contributed by atoms with Crippen LogP contribution in [0.4, 0.5) is 0 Å². The monoisotopic (exact) mass is 456 g/mol. The van der Waals surface area contributed by atoms with Crippen LogP contribution in [0.25, 0.3) is 5.69 Å². The van der Waals surface area contributed by atoms with Gasteiger partial charge in [-0.15, -0.1) is 0 Å². The summed E-state index contributed by atoms with van der Waals surface area (Å²) in [6.07, 6.45) is 10.8. The van der Waals surface area contributed by atoms with Gasteiger partial charge in [0, 0.05) is 25.0 Å². The average Bonchev–Trinajstić information content (AvgIpc) is 3.23. The van der Waals surface area contributed by atoms with Crippen LogP contribution in [-0.4, -0.2) is 15.7 Å². The summed E-state index contributed by atoms with van der Waals surface area (Å²) >= 11 is 5.74. The molecular formula is C29H32N2OS. The van der Waals surface area contributed by atoms with Crippen molar-refractivity contribution in [2.24, 2.45) is 0 Å². The number of unbranched alkanes of at least 4 members (excludes halogenated alkanes) is 2. The number of hydrogen-bond acceptors (Lipinski definition) is 2. The van der Waals surface area contributed by atoms with Gasteiger partial charge in [-0.3, -0.25) is 4.57 Å². The molecule has 0 atom stereocenters. The van der Waals surface area contributed by atoms with Crippen LogP contribution in [0.2, 0.25) is 0 Å². The predicted octanol–water partition coefficient (Wildman–Crippen LogP) is 7.43. The molecule has 0 radical (unpaired) electrons. The highest BCUT2D eigenvalue weighted by Gasteiger charge is 2.05. The van der Waals surface area contributed by atoms with Crippen molar-refractivity contribution in [1.29, 1.82) is 0 Å². The molecular weight excluding hydrogens is 424 g/mol. The molecule has 0 saturated carbocycles. The molecule has 0 saturated heterocycles. The zero-order chi connectivity index (χ0) is 22.7. The highest BCUT2D eigenvalue weighted by Crippen LogP contribution is 2.19. The second-order valence-corrected chi connectivity index (χ2v) is 8.74. The fraction of sp³-hybridized carbons (Fsp3) is 0.276. The molecule has 0 unspecified atom stereocenters. The summed E-state index contributed by atoms with van der Waals surface area (Å²) in [5.74, 6) is 0.897. The average molecular weight is 457 g/mol. The van der Waals surface area contributed by atoms with Gasteiger partial charge >= 0.3 is 0 Å². The Labute approximate surface area is 202 Å². The molecule has 0 aliphatic heterocycles. The molecule has 0 N–H and O–H groups in total. The number of ether oxygens (including phenoxy) is 1. The maximum Gasteiger partial charge on any atom is 0.184 e. The van der Waals surface area contributed by atoms with E-state index in [-0.39, 0.29) is 0 Å². The molecule has 3 nitrogen and oxygen atoms in total. The van der Waals surface area contributed by atoms with E-state index in [0.717, 1.165) is 55.0 Å². The number of aromatic nitrogens is 2. The number of aryl methyl sites for hydroxylation is 3. The fourth-order valence-electron chi connectivity index (χ4n) is 4.04. The molecule has 4 rings (SSSR count). The largest absolute Gasteiger partial charge is 0.494 e. The topological polar surface area (TPSA) is 19.1 Å². The van der Waals surface area contributed by atoms with E-state index in [1.54, 1.807) is 0 Å². The fourth-order valence-corrected chi connectivity index (χ4v) is 4.36. The van der Waals surface area contributed by atoms with Crippen LogP contribution in [0.5, 0.6) is 5.75 Å². The van der Waals surface area contributed by atoms with Gasteiger partial charge in [0.25, 0.3) is 0 Å². The summed E-state index contributed by atoms with van der Waals surface area (Å²) in [5.41, 5.74) is 3.83. The quantitative estimate of drug-likeness (QED) is 0.163. The molecule has 170 valence electrons. The second kappa shape index (κ2) is 12.2.